The van der Waals surface area contributed by atoms with Crippen LogP contribution < -0.4 is 5.32 Å². The van der Waals surface area contributed by atoms with Crippen LogP contribution in [0.1, 0.15) is 24.8 Å². The van der Waals surface area contributed by atoms with Crippen LogP contribution in [0.3, 0.4) is 0 Å². The highest BCUT2D eigenvalue weighted by atomic mass is 16.5. The van der Waals surface area contributed by atoms with Gasteiger partial charge in [0.2, 0.25) is 0 Å². The van der Waals surface area contributed by atoms with Crippen molar-refractivity contribution >= 4 is 0 Å². The highest BCUT2D eigenvalue weighted by molar-refractivity contribution is 5.09. The molecular formula is C13H20N2O. The van der Waals surface area contributed by atoms with Gasteiger partial charge in [0.05, 0.1) is 5.60 Å². The summed E-state index contributed by atoms with van der Waals surface area (Å²) in [5.41, 5.74) is 1.47. The molecule has 0 unspecified atom stereocenters. The van der Waals surface area contributed by atoms with Crippen molar-refractivity contribution in [2.24, 2.45) is 0 Å². The Kier molecular flexibility index (Phi) is 3.91. The van der Waals surface area contributed by atoms with E-state index >= 15 is 0 Å². The van der Waals surface area contributed by atoms with Crippen LogP contribution in [0.2, 0.25) is 0 Å². The smallest absolute Gasteiger partial charge is 0.0802 e. The maximum atomic E-state index is 5.55. The molecule has 0 saturated heterocycles. The fraction of sp³-hybridized carbons (Fsp3) is 0.615. The summed E-state index contributed by atoms with van der Waals surface area (Å²) in [6.45, 7) is 1.99. The molecule has 1 aromatic heterocycles. The maximum absolute atomic E-state index is 5.55. The van der Waals surface area contributed by atoms with Crippen LogP contribution in [0.4, 0.5) is 0 Å². The highest BCUT2D eigenvalue weighted by Crippen LogP contribution is 2.34. The van der Waals surface area contributed by atoms with Gasteiger partial charge in [0.1, 0.15) is 0 Å². The maximum Gasteiger partial charge on any atom is 0.0802 e. The number of pyridine rings is 1. The van der Waals surface area contributed by atoms with Crippen molar-refractivity contribution in [2.75, 3.05) is 20.2 Å². The molecule has 0 bridgehead atoms. The average Bonchev–Trinajstić information content (AvgIpc) is 2.29. The van der Waals surface area contributed by atoms with E-state index in [4.69, 9.17) is 4.74 Å². The Morgan fingerprint density at radius 3 is 2.69 bits per heavy atom. The zero-order chi connectivity index (χ0) is 11.3. The summed E-state index contributed by atoms with van der Waals surface area (Å²) in [4.78, 5) is 4.01. The number of aromatic nitrogens is 1. The van der Waals surface area contributed by atoms with Crippen LogP contribution in [0.25, 0.3) is 0 Å². The largest absolute Gasteiger partial charge is 0.377 e. The van der Waals surface area contributed by atoms with Crippen molar-refractivity contribution < 1.29 is 4.74 Å². The Hall–Kier alpha value is -0.930. The van der Waals surface area contributed by atoms with Gasteiger partial charge in [-0.1, -0.05) is 0 Å². The lowest BCUT2D eigenvalue weighted by Crippen LogP contribution is -2.48. The average molecular weight is 220 g/mol. The van der Waals surface area contributed by atoms with Gasteiger partial charge in [-0.25, -0.2) is 0 Å². The van der Waals surface area contributed by atoms with Gasteiger partial charge >= 0.3 is 0 Å². The molecule has 1 heterocycles. The van der Waals surface area contributed by atoms with Crippen molar-refractivity contribution in [1.29, 1.82) is 0 Å². The Morgan fingerprint density at radius 1 is 1.38 bits per heavy atom. The second-order valence-corrected chi connectivity index (χ2v) is 4.52. The van der Waals surface area contributed by atoms with Crippen molar-refractivity contribution in [3.05, 3.63) is 30.1 Å². The van der Waals surface area contributed by atoms with Gasteiger partial charge in [-0.3, -0.25) is 4.98 Å². The van der Waals surface area contributed by atoms with Gasteiger partial charge in [0, 0.05) is 26.0 Å². The zero-order valence-corrected chi connectivity index (χ0v) is 9.91. The topological polar surface area (TPSA) is 34.1 Å². The van der Waals surface area contributed by atoms with Gasteiger partial charge in [-0.2, -0.15) is 0 Å². The van der Waals surface area contributed by atoms with Crippen molar-refractivity contribution in [1.82, 2.24) is 10.3 Å². The van der Waals surface area contributed by atoms with E-state index in [1.165, 1.54) is 24.8 Å². The molecule has 1 aliphatic rings. The lowest BCUT2D eigenvalue weighted by Gasteiger charge is -2.40. The molecule has 3 heteroatoms. The molecule has 2 rings (SSSR count). The van der Waals surface area contributed by atoms with Gasteiger partial charge in [-0.15, -0.1) is 0 Å². The number of rotatable bonds is 6. The predicted molar refractivity (Wildman–Crippen MR) is 64.4 cm³/mol. The molecule has 88 valence electrons. The highest BCUT2D eigenvalue weighted by Gasteiger charge is 2.36. The van der Waals surface area contributed by atoms with Gasteiger partial charge in [0.25, 0.3) is 0 Å². The summed E-state index contributed by atoms with van der Waals surface area (Å²) in [5.74, 6) is 0. The molecule has 0 radical (unpaired) electrons. The van der Waals surface area contributed by atoms with Crippen LogP contribution in [0, 0.1) is 0 Å². The van der Waals surface area contributed by atoms with E-state index in [2.05, 4.69) is 22.4 Å². The molecule has 0 spiro atoms. The van der Waals surface area contributed by atoms with Crippen LogP contribution >= 0.6 is 0 Å². The summed E-state index contributed by atoms with van der Waals surface area (Å²) in [7, 11) is 1.82. The first-order valence-electron chi connectivity index (χ1n) is 5.99. The van der Waals surface area contributed by atoms with E-state index in [-0.39, 0.29) is 5.60 Å². The van der Waals surface area contributed by atoms with Crippen LogP contribution in [-0.4, -0.2) is 30.8 Å². The minimum atomic E-state index is 0.137. The third kappa shape index (κ3) is 2.80. The van der Waals surface area contributed by atoms with Crippen LogP contribution in [-0.2, 0) is 11.2 Å². The summed E-state index contributed by atoms with van der Waals surface area (Å²) in [6, 6.07) is 4.13. The number of ether oxygens (including phenoxy) is 1. The minimum Gasteiger partial charge on any atom is -0.377 e. The normalized spacial score (nSPS) is 18.1. The van der Waals surface area contributed by atoms with E-state index < -0.39 is 0 Å². The van der Waals surface area contributed by atoms with E-state index in [0.29, 0.717) is 0 Å². The molecule has 1 aliphatic carbocycles. The first kappa shape index (κ1) is 11.6. The van der Waals surface area contributed by atoms with E-state index in [9.17, 15) is 0 Å². The summed E-state index contributed by atoms with van der Waals surface area (Å²) in [5, 5.41) is 3.48. The standard InChI is InChI=1S/C13H20N2O/c1-16-13(6-2-7-13)11-15-10-5-12-3-8-14-9-4-12/h3-4,8-9,15H,2,5-7,10-11H2,1H3. The third-order valence-corrected chi connectivity index (χ3v) is 3.48. The lowest BCUT2D eigenvalue weighted by atomic mass is 9.80. The van der Waals surface area contributed by atoms with Gasteiger partial charge < -0.3 is 10.1 Å². The lowest BCUT2D eigenvalue weighted by molar-refractivity contribution is -0.0691. The zero-order valence-electron chi connectivity index (χ0n) is 9.91. The second kappa shape index (κ2) is 5.41. The van der Waals surface area contributed by atoms with Crippen LogP contribution in [0.5, 0.6) is 0 Å². The number of nitrogens with zero attached hydrogens (tertiary/aromatic N) is 1. The molecule has 3 nitrogen and oxygen atoms in total. The Labute approximate surface area is 97.2 Å². The monoisotopic (exact) mass is 220 g/mol. The molecule has 0 aliphatic heterocycles. The third-order valence-electron chi connectivity index (χ3n) is 3.48. The summed E-state index contributed by atoms with van der Waals surface area (Å²) in [6.07, 6.45) is 8.45. The number of hydrogen-bond donors (Lipinski definition) is 1. The molecule has 1 N–H and O–H groups in total. The molecular weight excluding hydrogens is 200 g/mol. The summed E-state index contributed by atoms with van der Waals surface area (Å²) < 4.78 is 5.55. The van der Waals surface area contributed by atoms with Crippen molar-refractivity contribution in [3.63, 3.8) is 0 Å². The van der Waals surface area contributed by atoms with E-state index in [1.807, 2.05) is 19.5 Å². The molecule has 1 fully saturated rings. The Morgan fingerprint density at radius 2 is 2.12 bits per heavy atom. The fourth-order valence-corrected chi connectivity index (χ4v) is 2.12. The molecule has 0 atom stereocenters. The second-order valence-electron chi connectivity index (χ2n) is 4.52. The molecule has 1 saturated carbocycles. The fourth-order valence-electron chi connectivity index (χ4n) is 2.12. The van der Waals surface area contributed by atoms with Crippen molar-refractivity contribution in [2.45, 2.75) is 31.3 Å². The van der Waals surface area contributed by atoms with Crippen molar-refractivity contribution in [3.8, 4) is 0 Å². The molecule has 1 aromatic rings. The van der Waals surface area contributed by atoms with E-state index in [0.717, 1.165) is 19.5 Å². The molecule has 0 aromatic carbocycles. The van der Waals surface area contributed by atoms with Gasteiger partial charge in [-0.05, 0) is 49.9 Å². The number of methoxy groups -OCH3 is 1. The first-order valence-corrected chi connectivity index (χ1v) is 5.99. The van der Waals surface area contributed by atoms with Crippen LogP contribution in [0.15, 0.2) is 24.5 Å². The number of nitrogens with one attached hydrogen (secondary N) is 1. The SMILES string of the molecule is COC1(CNCCc2ccncc2)CCC1. The summed E-state index contributed by atoms with van der Waals surface area (Å²) >= 11 is 0. The molecule has 0 amide bonds. The Balaban J connectivity index is 1.65. The predicted octanol–water partition coefficient (Wildman–Crippen LogP) is 1.78. The minimum absolute atomic E-state index is 0.137. The molecule has 16 heavy (non-hydrogen) atoms. The quantitative estimate of drug-likeness (QED) is 0.742. The van der Waals surface area contributed by atoms with Gasteiger partial charge in [0.15, 0.2) is 0 Å². The number of hydrogen-bond acceptors (Lipinski definition) is 3. The van der Waals surface area contributed by atoms with E-state index in [1.54, 1.807) is 0 Å². The first-order chi connectivity index (χ1) is 7.85. The Bertz CT molecular complexity index is 303.